The van der Waals surface area contributed by atoms with Crippen LogP contribution in [0.25, 0.3) is 0 Å². The van der Waals surface area contributed by atoms with Gasteiger partial charge in [-0.05, 0) is 48.7 Å². The third-order valence-electron chi connectivity index (χ3n) is 4.27. The number of carbonyl (C=O) groups is 1. The molecule has 2 unspecified atom stereocenters. The van der Waals surface area contributed by atoms with E-state index in [9.17, 15) is 4.79 Å². The zero-order valence-corrected chi connectivity index (χ0v) is 15.4. The van der Waals surface area contributed by atoms with E-state index in [1.54, 1.807) is 18.5 Å². The highest BCUT2D eigenvalue weighted by Crippen LogP contribution is 2.24. The lowest BCUT2D eigenvalue weighted by atomic mass is 10.0. The number of aromatic nitrogens is 1. The van der Waals surface area contributed by atoms with Gasteiger partial charge < -0.3 is 10.1 Å². The van der Waals surface area contributed by atoms with Crippen LogP contribution in [0.1, 0.15) is 36.9 Å². The van der Waals surface area contributed by atoms with E-state index in [0.717, 1.165) is 23.3 Å². The van der Waals surface area contributed by atoms with Crippen LogP contribution < -0.4 is 20.9 Å². The van der Waals surface area contributed by atoms with Gasteiger partial charge in [-0.2, -0.15) is 0 Å². The Balaban J connectivity index is 1.57. The molecule has 6 nitrogen and oxygen atoms in total. The van der Waals surface area contributed by atoms with E-state index in [0.29, 0.717) is 24.6 Å². The Hall–Kier alpha value is -2.15. The highest BCUT2D eigenvalue weighted by molar-refractivity contribution is 6.30. The molecule has 1 amide bonds. The van der Waals surface area contributed by atoms with Crippen molar-refractivity contribution in [1.29, 1.82) is 0 Å². The van der Waals surface area contributed by atoms with Gasteiger partial charge in [-0.25, -0.2) is 10.9 Å². The molecule has 0 spiro atoms. The SMILES string of the molecule is CCCOc1ccc(Cl)cc1CNC(=O)C1CC(c2ccncc2)NN1. The van der Waals surface area contributed by atoms with Crippen LogP contribution in [0, 0.1) is 0 Å². The van der Waals surface area contributed by atoms with Gasteiger partial charge in [0, 0.05) is 35.6 Å². The van der Waals surface area contributed by atoms with Gasteiger partial charge in [0.05, 0.1) is 6.61 Å². The van der Waals surface area contributed by atoms with Gasteiger partial charge in [-0.3, -0.25) is 9.78 Å². The number of nitrogens with one attached hydrogen (secondary N) is 3. The molecular weight excluding hydrogens is 352 g/mol. The number of amides is 1. The second-order valence-electron chi connectivity index (χ2n) is 6.23. The molecule has 0 bridgehead atoms. The lowest BCUT2D eigenvalue weighted by Crippen LogP contribution is -2.42. The monoisotopic (exact) mass is 374 g/mol. The number of benzene rings is 1. The zero-order chi connectivity index (χ0) is 18.4. The quantitative estimate of drug-likeness (QED) is 0.694. The number of pyridine rings is 1. The van der Waals surface area contributed by atoms with Gasteiger partial charge >= 0.3 is 0 Å². The van der Waals surface area contributed by atoms with Crippen molar-refractivity contribution < 1.29 is 9.53 Å². The van der Waals surface area contributed by atoms with Gasteiger partial charge in [0.2, 0.25) is 5.91 Å². The van der Waals surface area contributed by atoms with Gasteiger partial charge in [0.1, 0.15) is 11.8 Å². The first-order valence-electron chi connectivity index (χ1n) is 8.77. The van der Waals surface area contributed by atoms with Crippen LogP contribution >= 0.6 is 11.6 Å². The van der Waals surface area contributed by atoms with Crippen molar-refractivity contribution >= 4 is 17.5 Å². The number of rotatable bonds is 7. The lowest BCUT2D eigenvalue weighted by molar-refractivity contribution is -0.123. The summed E-state index contributed by atoms with van der Waals surface area (Å²) in [5, 5.41) is 3.59. The van der Waals surface area contributed by atoms with Gasteiger partial charge in [-0.15, -0.1) is 0 Å². The Morgan fingerprint density at radius 2 is 2.12 bits per heavy atom. The maximum absolute atomic E-state index is 12.5. The number of nitrogens with zero attached hydrogens (tertiary/aromatic N) is 1. The largest absolute Gasteiger partial charge is 0.493 e. The first-order valence-corrected chi connectivity index (χ1v) is 9.15. The van der Waals surface area contributed by atoms with Crippen molar-refractivity contribution in [3.63, 3.8) is 0 Å². The summed E-state index contributed by atoms with van der Waals surface area (Å²) < 4.78 is 5.73. The van der Waals surface area contributed by atoms with Crippen molar-refractivity contribution in [1.82, 2.24) is 21.2 Å². The molecule has 1 aromatic heterocycles. The van der Waals surface area contributed by atoms with Crippen molar-refractivity contribution in [2.75, 3.05) is 6.61 Å². The van der Waals surface area contributed by atoms with Gasteiger partial charge in [0.25, 0.3) is 0 Å². The van der Waals surface area contributed by atoms with Crippen molar-refractivity contribution in [2.45, 2.75) is 38.4 Å². The molecule has 1 aliphatic rings. The molecule has 0 saturated carbocycles. The number of hydrazine groups is 1. The number of carbonyl (C=O) groups excluding carboxylic acids is 1. The fourth-order valence-electron chi connectivity index (χ4n) is 2.89. The van der Waals surface area contributed by atoms with Crippen molar-refractivity contribution in [2.24, 2.45) is 0 Å². The molecular formula is C19H23ClN4O2. The normalized spacial score (nSPS) is 19.3. The van der Waals surface area contributed by atoms with Crippen LogP contribution in [0.3, 0.4) is 0 Å². The predicted octanol–water partition coefficient (Wildman–Crippen LogP) is 2.75. The second kappa shape index (κ2) is 8.98. The van der Waals surface area contributed by atoms with Crippen molar-refractivity contribution in [3.8, 4) is 5.75 Å². The fraction of sp³-hybridized carbons (Fsp3) is 0.368. The molecule has 1 aromatic carbocycles. The van der Waals surface area contributed by atoms with Crippen LogP contribution in [0.2, 0.25) is 5.02 Å². The summed E-state index contributed by atoms with van der Waals surface area (Å²) in [6.07, 6.45) is 5.09. The maximum atomic E-state index is 12.5. The summed E-state index contributed by atoms with van der Waals surface area (Å²) in [4.78, 5) is 16.5. The van der Waals surface area contributed by atoms with E-state index in [1.165, 1.54) is 0 Å². The van der Waals surface area contributed by atoms with Crippen LogP contribution in [-0.2, 0) is 11.3 Å². The second-order valence-corrected chi connectivity index (χ2v) is 6.66. The molecule has 138 valence electrons. The molecule has 1 fully saturated rings. The number of hydrogen-bond donors (Lipinski definition) is 3. The summed E-state index contributed by atoms with van der Waals surface area (Å²) in [7, 11) is 0. The van der Waals surface area contributed by atoms with Crippen LogP contribution in [0.15, 0.2) is 42.7 Å². The molecule has 3 rings (SSSR count). The van der Waals surface area contributed by atoms with Gasteiger partial charge in [-0.1, -0.05) is 18.5 Å². The van der Waals surface area contributed by atoms with E-state index in [1.807, 2.05) is 24.3 Å². The minimum Gasteiger partial charge on any atom is -0.493 e. The van der Waals surface area contributed by atoms with Crippen LogP contribution in [0.4, 0.5) is 0 Å². The molecule has 0 radical (unpaired) electrons. The summed E-state index contributed by atoms with van der Waals surface area (Å²) in [6.45, 7) is 3.05. The molecule has 1 aliphatic heterocycles. The Kier molecular flexibility index (Phi) is 6.44. The molecule has 2 atom stereocenters. The van der Waals surface area contributed by atoms with Gasteiger partial charge in [0.15, 0.2) is 0 Å². The number of ether oxygens (including phenoxy) is 1. The molecule has 26 heavy (non-hydrogen) atoms. The minimum absolute atomic E-state index is 0.0597. The number of halogens is 1. The summed E-state index contributed by atoms with van der Waals surface area (Å²) >= 11 is 6.08. The van der Waals surface area contributed by atoms with E-state index in [4.69, 9.17) is 16.3 Å². The third-order valence-corrected chi connectivity index (χ3v) is 4.50. The van der Waals surface area contributed by atoms with Crippen molar-refractivity contribution in [3.05, 3.63) is 58.9 Å². The molecule has 0 aliphatic carbocycles. The van der Waals surface area contributed by atoms with Crippen LogP contribution in [0.5, 0.6) is 5.75 Å². The highest BCUT2D eigenvalue weighted by atomic mass is 35.5. The van der Waals surface area contributed by atoms with E-state index in [2.05, 4.69) is 28.1 Å². The minimum atomic E-state index is -0.299. The molecule has 2 aromatic rings. The zero-order valence-electron chi connectivity index (χ0n) is 14.7. The Bertz CT molecular complexity index is 742. The molecule has 3 N–H and O–H groups in total. The Morgan fingerprint density at radius 3 is 2.88 bits per heavy atom. The smallest absolute Gasteiger partial charge is 0.238 e. The van der Waals surface area contributed by atoms with E-state index in [-0.39, 0.29) is 18.0 Å². The Morgan fingerprint density at radius 1 is 1.31 bits per heavy atom. The fourth-order valence-corrected chi connectivity index (χ4v) is 3.08. The first-order chi connectivity index (χ1) is 12.7. The average Bonchev–Trinajstić information content (AvgIpc) is 3.16. The first kappa shape index (κ1) is 18.6. The highest BCUT2D eigenvalue weighted by Gasteiger charge is 2.30. The topological polar surface area (TPSA) is 75.3 Å². The van der Waals surface area contributed by atoms with E-state index < -0.39 is 0 Å². The summed E-state index contributed by atoms with van der Waals surface area (Å²) in [5.41, 5.74) is 8.20. The summed E-state index contributed by atoms with van der Waals surface area (Å²) in [6, 6.07) is 9.14. The average molecular weight is 375 g/mol. The number of hydrogen-bond acceptors (Lipinski definition) is 5. The Labute approximate surface area is 158 Å². The molecule has 2 heterocycles. The summed E-state index contributed by atoms with van der Waals surface area (Å²) in [5.74, 6) is 0.694. The lowest BCUT2D eigenvalue weighted by Gasteiger charge is -2.14. The molecule has 7 heteroatoms. The molecule has 1 saturated heterocycles. The maximum Gasteiger partial charge on any atom is 0.238 e. The standard InChI is InChI=1S/C19H23ClN4O2/c1-2-9-26-18-4-3-15(20)10-14(18)12-22-19(25)17-11-16(23-24-17)13-5-7-21-8-6-13/h3-8,10,16-17,23-24H,2,9,11-12H2,1H3,(H,22,25). The third kappa shape index (κ3) is 4.72. The predicted molar refractivity (Wildman–Crippen MR) is 101 cm³/mol. The van der Waals surface area contributed by atoms with E-state index >= 15 is 0 Å². The van der Waals surface area contributed by atoms with Crippen LogP contribution in [-0.4, -0.2) is 23.5 Å².